The Morgan fingerprint density at radius 3 is 2.90 bits per heavy atom. The molecule has 0 aliphatic heterocycles. The van der Waals surface area contributed by atoms with Crippen LogP contribution in [0.1, 0.15) is 30.1 Å². The van der Waals surface area contributed by atoms with Gasteiger partial charge in [-0.25, -0.2) is 4.68 Å². The first-order valence-corrected chi connectivity index (χ1v) is 6.32. The van der Waals surface area contributed by atoms with Crippen LogP contribution in [0.15, 0.2) is 58.9 Å². The molecule has 4 nitrogen and oxygen atoms in total. The highest BCUT2D eigenvalue weighted by atomic mass is 16.3. The summed E-state index contributed by atoms with van der Waals surface area (Å²) in [5.74, 6) is 0.607. The average Bonchev–Trinajstić information content (AvgIpc) is 3.12. The number of allylic oxidation sites excluding steroid dienone is 4. The van der Waals surface area contributed by atoms with E-state index in [4.69, 9.17) is 4.42 Å². The van der Waals surface area contributed by atoms with Crippen LogP contribution in [0.3, 0.4) is 0 Å². The van der Waals surface area contributed by atoms with Crippen molar-refractivity contribution in [3.05, 3.63) is 65.9 Å². The van der Waals surface area contributed by atoms with E-state index in [9.17, 15) is 4.79 Å². The third kappa shape index (κ3) is 3.45. The molecule has 4 heteroatoms. The monoisotopic (exact) mass is 268 g/mol. The van der Waals surface area contributed by atoms with Gasteiger partial charge >= 0.3 is 0 Å². The first-order chi connectivity index (χ1) is 9.70. The molecular formula is C16H16N2O2. The molecule has 0 radical (unpaired) electrons. The van der Waals surface area contributed by atoms with Crippen LogP contribution >= 0.6 is 0 Å². The Labute approximate surface area is 117 Å². The molecular weight excluding hydrogens is 252 g/mol. The SMILES string of the molecule is C/C=C\C=C(/C)C(=O)n1ccc(/C=C/c2ccco2)n1. The van der Waals surface area contributed by atoms with Gasteiger partial charge in [-0.05, 0) is 44.2 Å². The standard InChI is InChI=1S/C16H16N2O2/c1-3-4-6-13(2)16(19)18-11-10-14(17-18)8-9-15-7-5-12-20-15/h3-12H,1-2H3/b4-3-,9-8+,13-6+. The second-order valence-electron chi connectivity index (χ2n) is 4.21. The second-order valence-corrected chi connectivity index (χ2v) is 4.21. The summed E-state index contributed by atoms with van der Waals surface area (Å²) in [6, 6.07) is 5.44. The lowest BCUT2D eigenvalue weighted by Gasteiger charge is -1.98. The molecule has 2 aromatic rings. The molecule has 0 aromatic carbocycles. The van der Waals surface area contributed by atoms with Crippen molar-refractivity contribution in [1.29, 1.82) is 0 Å². The van der Waals surface area contributed by atoms with Gasteiger partial charge in [0.15, 0.2) is 0 Å². The highest BCUT2D eigenvalue weighted by Crippen LogP contribution is 2.08. The predicted octanol–water partition coefficient (Wildman–Crippen LogP) is 3.81. The first-order valence-electron chi connectivity index (χ1n) is 6.32. The maximum atomic E-state index is 12.1. The van der Waals surface area contributed by atoms with Gasteiger partial charge in [0.25, 0.3) is 5.91 Å². The molecule has 102 valence electrons. The van der Waals surface area contributed by atoms with E-state index in [1.165, 1.54) is 4.68 Å². The molecule has 2 rings (SSSR count). The lowest BCUT2D eigenvalue weighted by atomic mass is 10.2. The number of carbonyl (C=O) groups is 1. The van der Waals surface area contributed by atoms with E-state index < -0.39 is 0 Å². The van der Waals surface area contributed by atoms with Crippen LogP contribution < -0.4 is 0 Å². The Morgan fingerprint density at radius 1 is 1.35 bits per heavy atom. The number of rotatable bonds is 4. The van der Waals surface area contributed by atoms with Gasteiger partial charge in [-0.1, -0.05) is 18.2 Å². The van der Waals surface area contributed by atoms with E-state index in [2.05, 4.69) is 5.10 Å². The van der Waals surface area contributed by atoms with Crippen molar-refractivity contribution in [2.24, 2.45) is 0 Å². The number of hydrogen-bond donors (Lipinski definition) is 0. The molecule has 0 N–H and O–H groups in total. The Morgan fingerprint density at radius 2 is 2.20 bits per heavy atom. The van der Waals surface area contributed by atoms with Gasteiger partial charge in [-0.2, -0.15) is 5.10 Å². The summed E-state index contributed by atoms with van der Waals surface area (Å²) in [6.45, 7) is 3.67. The summed E-state index contributed by atoms with van der Waals surface area (Å²) in [5, 5.41) is 4.21. The molecule has 0 fully saturated rings. The van der Waals surface area contributed by atoms with Crippen LogP contribution in [0, 0.1) is 0 Å². The first kappa shape index (κ1) is 13.8. The topological polar surface area (TPSA) is 48.0 Å². The molecule has 0 saturated heterocycles. The maximum Gasteiger partial charge on any atom is 0.273 e. The van der Waals surface area contributed by atoms with E-state index in [0.717, 1.165) is 5.76 Å². The Bertz CT molecular complexity index is 658. The third-order valence-corrected chi connectivity index (χ3v) is 2.66. The zero-order valence-electron chi connectivity index (χ0n) is 11.5. The number of carbonyl (C=O) groups excluding carboxylic acids is 1. The number of hydrogen-bond acceptors (Lipinski definition) is 3. The summed E-state index contributed by atoms with van der Waals surface area (Å²) in [6.07, 6.45) is 12.3. The van der Waals surface area contributed by atoms with Gasteiger partial charge in [-0.15, -0.1) is 0 Å². The lowest BCUT2D eigenvalue weighted by Crippen LogP contribution is -2.12. The van der Waals surface area contributed by atoms with Gasteiger partial charge < -0.3 is 4.42 Å². The molecule has 0 saturated carbocycles. The lowest BCUT2D eigenvalue weighted by molar-refractivity contribution is 0.0940. The Kier molecular flexibility index (Phi) is 4.50. The van der Waals surface area contributed by atoms with E-state index in [-0.39, 0.29) is 5.91 Å². The van der Waals surface area contributed by atoms with Crippen molar-refractivity contribution < 1.29 is 9.21 Å². The number of nitrogens with zero attached hydrogens (tertiary/aromatic N) is 2. The Balaban J connectivity index is 2.11. The van der Waals surface area contributed by atoms with Gasteiger partial charge in [0, 0.05) is 11.8 Å². The maximum absolute atomic E-state index is 12.1. The van der Waals surface area contributed by atoms with Crippen molar-refractivity contribution >= 4 is 18.1 Å². The van der Waals surface area contributed by atoms with Crippen LogP contribution in [0.2, 0.25) is 0 Å². The van der Waals surface area contributed by atoms with Gasteiger partial charge in [0.2, 0.25) is 0 Å². The van der Waals surface area contributed by atoms with Crippen LogP contribution in [0.5, 0.6) is 0 Å². The van der Waals surface area contributed by atoms with Crippen molar-refractivity contribution in [2.75, 3.05) is 0 Å². The summed E-state index contributed by atoms with van der Waals surface area (Å²) in [4.78, 5) is 12.1. The molecule has 2 aromatic heterocycles. The number of furan rings is 1. The van der Waals surface area contributed by atoms with E-state index in [0.29, 0.717) is 11.3 Å². The number of aromatic nitrogens is 2. The molecule has 0 unspecified atom stereocenters. The zero-order valence-corrected chi connectivity index (χ0v) is 11.5. The van der Waals surface area contributed by atoms with E-state index in [1.807, 2.05) is 31.2 Å². The summed E-state index contributed by atoms with van der Waals surface area (Å²) < 4.78 is 6.52. The predicted molar refractivity (Wildman–Crippen MR) is 79.1 cm³/mol. The largest absolute Gasteiger partial charge is 0.465 e. The van der Waals surface area contributed by atoms with Gasteiger partial charge in [0.1, 0.15) is 5.76 Å². The molecule has 0 spiro atoms. The minimum absolute atomic E-state index is 0.138. The van der Waals surface area contributed by atoms with E-state index in [1.54, 1.807) is 43.7 Å². The van der Waals surface area contributed by atoms with Crippen molar-refractivity contribution in [3.63, 3.8) is 0 Å². The molecule has 0 atom stereocenters. The third-order valence-electron chi connectivity index (χ3n) is 2.66. The zero-order chi connectivity index (χ0) is 14.4. The molecule has 0 aliphatic rings. The minimum Gasteiger partial charge on any atom is -0.465 e. The summed E-state index contributed by atoms with van der Waals surface area (Å²) >= 11 is 0. The second kappa shape index (κ2) is 6.52. The Hall–Kier alpha value is -2.62. The van der Waals surface area contributed by atoms with Crippen LogP contribution in [-0.2, 0) is 0 Å². The van der Waals surface area contributed by atoms with Crippen LogP contribution in [0.4, 0.5) is 0 Å². The highest BCUT2D eigenvalue weighted by molar-refractivity contribution is 5.94. The van der Waals surface area contributed by atoms with Crippen molar-refractivity contribution in [2.45, 2.75) is 13.8 Å². The quantitative estimate of drug-likeness (QED) is 0.625. The molecule has 0 aliphatic carbocycles. The van der Waals surface area contributed by atoms with Crippen molar-refractivity contribution in [1.82, 2.24) is 9.78 Å². The van der Waals surface area contributed by atoms with E-state index >= 15 is 0 Å². The molecule has 0 bridgehead atoms. The normalized spacial score (nSPS) is 12.6. The smallest absolute Gasteiger partial charge is 0.273 e. The summed E-state index contributed by atoms with van der Waals surface area (Å²) in [5.41, 5.74) is 1.33. The fourth-order valence-corrected chi connectivity index (χ4v) is 1.59. The highest BCUT2D eigenvalue weighted by Gasteiger charge is 2.07. The van der Waals surface area contributed by atoms with Crippen molar-refractivity contribution in [3.8, 4) is 0 Å². The minimum atomic E-state index is -0.138. The fraction of sp³-hybridized carbons (Fsp3) is 0.125. The fourth-order valence-electron chi connectivity index (χ4n) is 1.59. The average molecular weight is 268 g/mol. The molecule has 0 amide bonds. The van der Waals surface area contributed by atoms with Gasteiger partial charge in [-0.3, -0.25) is 4.79 Å². The summed E-state index contributed by atoms with van der Waals surface area (Å²) in [7, 11) is 0. The van der Waals surface area contributed by atoms with Gasteiger partial charge in [0.05, 0.1) is 12.0 Å². The molecule has 2 heterocycles. The molecule has 20 heavy (non-hydrogen) atoms. The van der Waals surface area contributed by atoms with Crippen LogP contribution in [-0.4, -0.2) is 15.7 Å². The van der Waals surface area contributed by atoms with Crippen LogP contribution in [0.25, 0.3) is 12.2 Å².